The van der Waals surface area contributed by atoms with Crippen molar-refractivity contribution < 1.29 is 18.0 Å². The standard InChI is InChI=1S/C14H15F3N2O/c1-2-13-6-5-9(13)12(20)19(13)11-4-3-8(18)7-10(11)14(15,16)17/h3-4,7,9H,2,5-6,18H2,1H3. The average molecular weight is 284 g/mol. The molecule has 3 nitrogen and oxygen atoms in total. The highest BCUT2D eigenvalue weighted by Crippen LogP contribution is 2.58. The van der Waals surface area contributed by atoms with Crippen LogP contribution in [0.2, 0.25) is 0 Å². The highest BCUT2D eigenvalue weighted by Gasteiger charge is 2.65. The van der Waals surface area contributed by atoms with Crippen molar-refractivity contribution in [1.29, 1.82) is 0 Å². The number of β-lactam (4-membered cyclic amide) rings is 1. The first-order valence-electron chi connectivity index (χ1n) is 6.62. The van der Waals surface area contributed by atoms with E-state index in [1.807, 2.05) is 6.92 Å². The molecule has 2 atom stereocenters. The van der Waals surface area contributed by atoms with Crippen molar-refractivity contribution in [3.63, 3.8) is 0 Å². The van der Waals surface area contributed by atoms with Gasteiger partial charge in [0.05, 0.1) is 22.7 Å². The molecule has 3 rings (SSSR count). The molecule has 0 aromatic heterocycles. The van der Waals surface area contributed by atoms with E-state index in [4.69, 9.17) is 5.73 Å². The van der Waals surface area contributed by atoms with Crippen LogP contribution in [0.15, 0.2) is 18.2 Å². The van der Waals surface area contributed by atoms with Gasteiger partial charge in [-0.3, -0.25) is 4.79 Å². The van der Waals surface area contributed by atoms with Crippen molar-refractivity contribution in [2.45, 2.75) is 37.9 Å². The van der Waals surface area contributed by atoms with Gasteiger partial charge in [0.2, 0.25) is 5.91 Å². The van der Waals surface area contributed by atoms with Gasteiger partial charge in [-0.25, -0.2) is 0 Å². The third kappa shape index (κ3) is 1.50. The lowest BCUT2D eigenvalue weighted by molar-refractivity contribution is -0.146. The minimum atomic E-state index is -4.52. The molecular weight excluding hydrogens is 269 g/mol. The maximum atomic E-state index is 13.2. The maximum absolute atomic E-state index is 13.2. The second-order valence-corrected chi connectivity index (χ2v) is 5.50. The quantitative estimate of drug-likeness (QED) is 0.669. The van der Waals surface area contributed by atoms with E-state index in [0.717, 1.165) is 18.9 Å². The molecule has 108 valence electrons. The third-order valence-corrected chi connectivity index (χ3v) is 4.66. The summed E-state index contributed by atoms with van der Waals surface area (Å²) in [6.45, 7) is 1.91. The van der Waals surface area contributed by atoms with Gasteiger partial charge in [-0.2, -0.15) is 13.2 Å². The van der Waals surface area contributed by atoms with Crippen molar-refractivity contribution in [3.05, 3.63) is 23.8 Å². The molecule has 1 heterocycles. The SMILES string of the molecule is CCC12CCC1C(=O)N2c1ccc(N)cc1C(F)(F)F. The van der Waals surface area contributed by atoms with E-state index < -0.39 is 17.3 Å². The Morgan fingerprint density at radius 2 is 2.15 bits per heavy atom. The van der Waals surface area contributed by atoms with Gasteiger partial charge in [0.1, 0.15) is 0 Å². The van der Waals surface area contributed by atoms with E-state index in [0.29, 0.717) is 6.42 Å². The zero-order chi connectivity index (χ0) is 14.7. The van der Waals surface area contributed by atoms with Crippen LogP contribution in [0.5, 0.6) is 0 Å². The normalized spacial score (nSPS) is 28.7. The third-order valence-electron chi connectivity index (χ3n) is 4.66. The number of carbonyl (C=O) groups is 1. The van der Waals surface area contributed by atoms with Crippen LogP contribution < -0.4 is 10.6 Å². The number of piperidine rings is 1. The smallest absolute Gasteiger partial charge is 0.399 e. The number of fused-ring (bicyclic) bond motifs is 1. The molecule has 1 aliphatic carbocycles. The summed E-state index contributed by atoms with van der Waals surface area (Å²) in [5.41, 5.74) is 4.20. The summed E-state index contributed by atoms with van der Waals surface area (Å²) in [5.74, 6) is -0.306. The Hall–Kier alpha value is -1.72. The number of carbonyl (C=O) groups excluding carboxylic acids is 1. The molecule has 1 saturated heterocycles. The molecule has 0 bridgehead atoms. The van der Waals surface area contributed by atoms with Crippen LogP contribution in [-0.2, 0) is 11.0 Å². The highest BCUT2D eigenvalue weighted by atomic mass is 19.4. The minimum Gasteiger partial charge on any atom is -0.399 e. The van der Waals surface area contributed by atoms with E-state index in [1.54, 1.807) is 0 Å². The second-order valence-electron chi connectivity index (χ2n) is 5.50. The Bertz CT molecular complexity index is 580. The lowest BCUT2D eigenvalue weighted by atomic mass is 9.56. The van der Waals surface area contributed by atoms with Crippen molar-refractivity contribution in [1.82, 2.24) is 0 Å². The van der Waals surface area contributed by atoms with Crippen LogP contribution in [0.25, 0.3) is 0 Å². The van der Waals surface area contributed by atoms with Crippen molar-refractivity contribution in [2.24, 2.45) is 5.92 Å². The molecule has 2 aliphatic rings. The molecule has 1 saturated carbocycles. The van der Waals surface area contributed by atoms with E-state index in [9.17, 15) is 18.0 Å². The van der Waals surface area contributed by atoms with Crippen LogP contribution in [0, 0.1) is 5.92 Å². The van der Waals surface area contributed by atoms with Gasteiger partial charge in [0.25, 0.3) is 0 Å². The maximum Gasteiger partial charge on any atom is 0.418 e. The van der Waals surface area contributed by atoms with Gasteiger partial charge in [-0.05, 0) is 37.5 Å². The number of benzene rings is 1. The summed E-state index contributed by atoms with van der Waals surface area (Å²) < 4.78 is 39.5. The van der Waals surface area contributed by atoms with E-state index in [-0.39, 0.29) is 23.2 Å². The summed E-state index contributed by atoms with van der Waals surface area (Å²) in [6, 6.07) is 3.62. The molecule has 20 heavy (non-hydrogen) atoms. The zero-order valence-electron chi connectivity index (χ0n) is 11.0. The monoisotopic (exact) mass is 284 g/mol. The zero-order valence-corrected chi connectivity index (χ0v) is 11.0. The summed E-state index contributed by atoms with van der Waals surface area (Å²) in [5, 5.41) is 0. The Balaban J connectivity index is 2.09. The summed E-state index contributed by atoms with van der Waals surface area (Å²) >= 11 is 0. The van der Waals surface area contributed by atoms with Crippen LogP contribution in [0.3, 0.4) is 0 Å². The molecule has 1 aliphatic heterocycles. The van der Waals surface area contributed by atoms with E-state index in [1.165, 1.54) is 17.0 Å². The number of hydrogen-bond donors (Lipinski definition) is 1. The number of nitrogens with zero attached hydrogens (tertiary/aromatic N) is 1. The Morgan fingerprint density at radius 1 is 1.45 bits per heavy atom. The molecule has 0 radical (unpaired) electrons. The fourth-order valence-corrected chi connectivity index (χ4v) is 3.47. The first-order valence-corrected chi connectivity index (χ1v) is 6.62. The molecule has 2 N–H and O–H groups in total. The van der Waals surface area contributed by atoms with Crippen LogP contribution >= 0.6 is 0 Å². The predicted molar refractivity (Wildman–Crippen MR) is 69.1 cm³/mol. The Labute approximate surface area is 114 Å². The topological polar surface area (TPSA) is 46.3 Å². The van der Waals surface area contributed by atoms with Gasteiger partial charge < -0.3 is 10.6 Å². The van der Waals surface area contributed by atoms with Crippen molar-refractivity contribution >= 4 is 17.3 Å². The molecular formula is C14H15F3N2O. The van der Waals surface area contributed by atoms with Crippen LogP contribution in [0.4, 0.5) is 24.5 Å². The van der Waals surface area contributed by atoms with Gasteiger partial charge in [0.15, 0.2) is 0 Å². The van der Waals surface area contributed by atoms with Crippen molar-refractivity contribution in [3.8, 4) is 0 Å². The molecule has 6 heteroatoms. The summed E-state index contributed by atoms with van der Waals surface area (Å²) in [7, 11) is 0. The lowest BCUT2D eigenvalue weighted by Crippen LogP contribution is -2.76. The first kappa shape index (κ1) is 13.3. The molecule has 2 unspecified atom stereocenters. The number of halogens is 3. The summed E-state index contributed by atoms with van der Waals surface area (Å²) in [6.07, 6.45) is -2.30. The van der Waals surface area contributed by atoms with Crippen molar-refractivity contribution in [2.75, 3.05) is 10.6 Å². The van der Waals surface area contributed by atoms with Gasteiger partial charge in [0, 0.05) is 5.69 Å². The average Bonchev–Trinajstić information content (AvgIpc) is 2.33. The van der Waals surface area contributed by atoms with Gasteiger partial charge in [-0.1, -0.05) is 6.92 Å². The second kappa shape index (κ2) is 3.90. The Morgan fingerprint density at radius 3 is 2.65 bits per heavy atom. The molecule has 1 aromatic carbocycles. The molecule has 2 fully saturated rings. The fourth-order valence-electron chi connectivity index (χ4n) is 3.47. The lowest BCUT2D eigenvalue weighted by Gasteiger charge is -2.64. The van der Waals surface area contributed by atoms with E-state index >= 15 is 0 Å². The minimum absolute atomic E-state index is 0.0461. The van der Waals surface area contributed by atoms with Gasteiger partial charge >= 0.3 is 6.18 Å². The van der Waals surface area contributed by atoms with Crippen LogP contribution in [-0.4, -0.2) is 11.4 Å². The van der Waals surface area contributed by atoms with E-state index in [2.05, 4.69) is 0 Å². The number of hydrogen-bond acceptors (Lipinski definition) is 2. The largest absolute Gasteiger partial charge is 0.418 e. The number of alkyl halides is 3. The molecule has 0 spiro atoms. The van der Waals surface area contributed by atoms with Crippen LogP contribution in [0.1, 0.15) is 31.7 Å². The number of nitrogens with two attached hydrogens (primary N) is 1. The number of nitrogen functional groups attached to an aromatic ring is 1. The number of anilines is 2. The Kier molecular flexibility index (Phi) is 2.59. The fraction of sp³-hybridized carbons (Fsp3) is 0.500. The summed E-state index contributed by atoms with van der Waals surface area (Å²) in [4.78, 5) is 13.4. The van der Waals surface area contributed by atoms with Gasteiger partial charge in [-0.15, -0.1) is 0 Å². The first-order chi connectivity index (χ1) is 9.31. The number of rotatable bonds is 2. The highest BCUT2D eigenvalue weighted by molar-refractivity contribution is 6.06. The predicted octanol–water partition coefficient (Wildman–Crippen LogP) is 3.19. The molecule has 1 amide bonds. The number of amides is 1. The molecule has 1 aromatic rings.